The van der Waals surface area contributed by atoms with Gasteiger partial charge in [0, 0.05) is 18.7 Å². The van der Waals surface area contributed by atoms with Gasteiger partial charge < -0.3 is 4.90 Å². The smallest absolute Gasteiger partial charge is 0.261 e. The number of nitriles is 1. The molecule has 7 heteroatoms. The van der Waals surface area contributed by atoms with Gasteiger partial charge in [-0.1, -0.05) is 6.07 Å². The highest BCUT2D eigenvalue weighted by Gasteiger charge is 2.21. The van der Waals surface area contributed by atoms with E-state index in [2.05, 4.69) is 4.72 Å². The van der Waals surface area contributed by atoms with Gasteiger partial charge in [0.2, 0.25) is 5.91 Å². The summed E-state index contributed by atoms with van der Waals surface area (Å²) in [6.45, 7) is 0.657. The first-order valence-electron chi connectivity index (χ1n) is 7.93. The van der Waals surface area contributed by atoms with Gasteiger partial charge >= 0.3 is 0 Å². The number of piperidine rings is 1. The summed E-state index contributed by atoms with van der Waals surface area (Å²) in [5.74, 6) is 0.0632. The highest BCUT2D eigenvalue weighted by atomic mass is 32.2. The monoisotopic (exact) mass is 355 g/mol. The van der Waals surface area contributed by atoms with Crippen LogP contribution in [0, 0.1) is 11.3 Å². The molecule has 0 bridgehead atoms. The Morgan fingerprint density at radius 2 is 1.84 bits per heavy atom. The second kappa shape index (κ2) is 6.95. The number of rotatable bonds is 4. The number of amides is 1. The van der Waals surface area contributed by atoms with Crippen LogP contribution in [0.1, 0.15) is 24.8 Å². The molecule has 25 heavy (non-hydrogen) atoms. The molecule has 1 heterocycles. The van der Waals surface area contributed by atoms with Crippen LogP contribution >= 0.6 is 0 Å². The highest BCUT2D eigenvalue weighted by molar-refractivity contribution is 7.92. The van der Waals surface area contributed by atoms with Gasteiger partial charge in [-0.2, -0.15) is 5.26 Å². The lowest BCUT2D eigenvalue weighted by Crippen LogP contribution is -2.35. The van der Waals surface area contributed by atoms with Crippen molar-refractivity contribution in [3.05, 3.63) is 54.1 Å². The summed E-state index contributed by atoms with van der Waals surface area (Å²) in [5, 5.41) is 8.89. The number of nitrogens with zero attached hydrogens (tertiary/aromatic N) is 2. The molecule has 0 aromatic heterocycles. The van der Waals surface area contributed by atoms with Crippen LogP contribution in [0.25, 0.3) is 0 Å². The molecule has 1 saturated heterocycles. The molecule has 2 aromatic rings. The molecule has 1 fully saturated rings. The highest BCUT2D eigenvalue weighted by Crippen LogP contribution is 2.24. The van der Waals surface area contributed by atoms with E-state index in [-0.39, 0.29) is 10.8 Å². The van der Waals surface area contributed by atoms with Crippen LogP contribution in [-0.2, 0) is 14.8 Å². The lowest BCUT2D eigenvalue weighted by atomic mass is 10.1. The standard InChI is InChI=1S/C18H17N3O3S/c19-13-14-4-3-5-15(12-14)20-25(23,24)17-9-7-16(8-10-17)21-11-2-1-6-18(21)22/h3-5,7-10,12,20H,1-2,6,11H2. The minimum absolute atomic E-state index is 0.0632. The first-order valence-corrected chi connectivity index (χ1v) is 9.41. The molecule has 1 aliphatic heterocycles. The van der Waals surface area contributed by atoms with Crippen LogP contribution < -0.4 is 9.62 Å². The third kappa shape index (κ3) is 3.80. The fraction of sp³-hybridized carbons (Fsp3) is 0.222. The number of benzene rings is 2. The summed E-state index contributed by atoms with van der Waals surface area (Å²) < 4.78 is 27.4. The first-order chi connectivity index (χ1) is 12.0. The maximum atomic E-state index is 12.5. The number of carbonyl (C=O) groups is 1. The molecule has 2 aromatic carbocycles. The van der Waals surface area contributed by atoms with Gasteiger partial charge in [-0.05, 0) is 55.3 Å². The summed E-state index contributed by atoms with van der Waals surface area (Å²) in [5.41, 5.74) is 1.41. The summed E-state index contributed by atoms with van der Waals surface area (Å²) in [7, 11) is -3.76. The van der Waals surface area contributed by atoms with Crippen molar-refractivity contribution >= 4 is 27.3 Å². The van der Waals surface area contributed by atoms with Gasteiger partial charge in [0.25, 0.3) is 10.0 Å². The van der Waals surface area contributed by atoms with Gasteiger partial charge in [0.1, 0.15) is 0 Å². The molecule has 6 nitrogen and oxygen atoms in total. The minimum Gasteiger partial charge on any atom is -0.312 e. The van der Waals surface area contributed by atoms with Gasteiger partial charge in [0.05, 0.1) is 22.2 Å². The quantitative estimate of drug-likeness (QED) is 0.913. The third-order valence-corrected chi connectivity index (χ3v) is 5.42. The van der Waals surface area contributed by atoms with Crippen LogP contribution in [0.5, 0.6) is 0 Å². The number of hydrogen-bond donors (Lipinski definition) is 1. The molecule has 0 spiro atoms. The van der Waals surface area contributed by atoms with E-state index in [1.165, 1.54) is 18.2 Å². The average molecular weight is 355 g/mol. The average Bonchev–Trinajstić information content (AvgIpc) is 2.62. The van der Waals surface area contributed by atoms with E-state index >= 15 is 0 Å². The van der Waals surface area contributed by atoms with Crippen LogP contribution in [0.3, 0.4) is 0 Å². The summed E-state index contributed by atoms with van der Waals surface area (Å²) in [6, 6.07) is 14.5. The topological polar surface area (TPSA) is 90.3 Å². The Morgan fingerprint density at radius 1 is 1.08 bits per heavy atom. The Bertz CT molecular complexity index is 931. The van der Waals surface area contributed by atoms with Crippen molar-refractivity contribution in [3.8, 4) is 6.07 Å². The van der Waals surface area contributed by atoms with Gasteiger partial charge in [0.15, 0.2) is 0 Å². The lowest BCUT2D eigenvalue weighted by Gasteiger charge is -2.26. The lowest BCUT2D eigenvalue weighted by molar-refractivity contribution is -0.119. The molecule has 3 rings (SSSR count). The molecule has 128 valence electrons. The number of hydrogen-bond acceptors (Lipinski definition) is 4. The normalized spacial score (nSPS) is 14.8. The zero-order chi connectivity index (χ0) is 17.9. The Balaban J connectivity index is 1.80. The Morgan fingerprint density at radius 3 is 2.52 bits per heavy atom. The van der Waals surface area contributed by atoms with E-state index in [1.807, 2.05) is 6.07 Å². The molecule has 0 unspecified atom stereocenters. The molecular weight excluding hydrogens is 338 g/mol. The zero-order valence-electron chi connectivity index (χ0n) is 13.5. The first kappa shape index (κ1) is 17.0. The Kier molecular flexibility index (Phi) is 4.72. The van der Waals surface area contributed by atoms with Crippen molar-refractivity contribution in [2.75, 3.05) is 16.2 Å². The van der Waals surface area contributed by atoms with Crippen LogP contribution in [0.2, 0.25) is 0 Å². The molecule has 0 aliphatic carbocycles. The van der Waals surface area contributed by atoms with E-state index in [9.17, 15) is 13.2 Å². The van der Waals surface area contributed by atoms with E-state index in [0.29, 0.717) is 29.9 Å². The molecule has 0 radical (unpaired) electrons. The van der Waals surface area contributed by atoms with Crippen LogP contribution in [-0.4, -0.2) is 20.9 Å². The molecule has 1 N–H and O–H groups in total. The largest absolute Gasteiger partial charge is 0.312 e. The molecule has 1 aliphatic rings. The van der Waals surface area contributed by atoms with Crippen molar-refractivity contribution < 1.29 is 13.2 Å². The SMILES string of the molecule is N#Cc1cccc(NS(=O)(=O)c2ccc(N3CCCCC3=O)cc2)c1. The second-order valence-corrected chi connectivity index (χ2v) is 7.48. The number of sulfonamides is 1. The van der Waals surface area contributed by atoms with Gasteiger partial charge in [-0.15, -0.1) is 0 Å². The predicted octanol–water partition coefficient (Wildman–Crippen LogP) is 2.88. The Hall–Kier alpha value is -2.85. The van der Waals surface area contributed by atoms with Crippen molar-refractivity contribution in [1.82, 2.24) is 0 Å². The van der Waals surface area contributed by atoms with Crippen LogP contribution in [0.15, 0.2) is 53.4 Å². The third-order valence-electron chi connectivity index (χ3n) is 4.03. The molecule has 0 atom stereocenters. The van der Waals surface area contributed by atoms with Crippen molar-refractivity contribution in [3.63, 3.8) is 0 Å². The second-order valence-electron chi connectivity index (χ2n) is 5.79. The maximum absolute atomic E-state index is 12.5. The van der Waals surface area contributed by atoms with Crippen molar-refractivity contribution in [1.29, 1.82) is 5.26 Å². The maximum Gasteiger partial charge on any atom is 0.261 e. The van der Waals surface area contributed by atoms with Gasteiger partial charge in [-0.25, -0.2) is 8.42 Å². The predicted molar refractivity (Wildman–Crippen MR) is 94.6 cm³/mol. The van der Waals surface area contributed by atoms with E-state index < -0.39 is 10.0 Å². The number of anilines is 2. The van der Waals surface area contributed by atoms with E-state index in [0.717, 1.165) is 12.8 Å². The van der Waals surface area contributed by atoms with Gasteiger partial charge in [-0.3, -0.25) is 9.52 Å². The summed E-state index contributed by atoms with van der Waals surface area (Å²) in [6.07, 6.45) is 2.37. The molecule has 1 amide bonds. The Labute approximate surface area is 146 Å². The zero-order valence-corrected chi connectivity index (χ0v) is 14.3. The van der Waals surface area contributed by atoms with Crippen molar-refractivity contribution in [2.24, 2.45) is 0 Å². The fourth-order valence-corrected chi connectivity index (χ4v) is 3.80. The van der Waals surface area contributed by atoms with Crippen LogP contribution in [0.4, 0.5) is 11.4 Å². The molecular formula is C18H17N3O3S. The summed E-state index contributed by atoms with van der Waals surface area (Å²) >= 11 is 0. The van der Waals surface area contributed by atoms with E-state index in [4.69, 9.17) is 5.26 Å². The van der Waals surface area contributed by atoms with Crippen molar-refractivity contribution in [2.45, 2.75) is 24.2 Å². The van der Waals surface area contributed by atoms with E-state index in [1.54, 1.807) is 35.2 Å². The molecule has 0 saturated carbocycles. The minimum atomic E-state index is -3.76. The number of nitrogens with one attached hydrogen (secondary N) is 1. The summed E-state index contributed by atoms with van der Waals surface area (Å²) in [4.78, 5) is 13.7. The fourth-order valence-electron chi connectivity index (χ4n) is 2.75. The number of carbonyl (C=O) groups excluding carboxylic acids is 1.